The molecule has 0 aliphatic heterocycles. The number of aliphatic carboxylic acids is 1. The Morgan fingerprint density at radius 3 is 2.29 bits per heavy atom. The van der Waals surface area contributed by atoms with Gasteiger partial charge in [-0.05, 0) is 19.1 Å². The zero-order valence-corrected chi connectivity index (χ0v) is 9.88. The van der Waals surface area contributed by atoms with Crippen molar-refractivity contribution in [1.29, 1.82) is 0 Å². The molecule has 0 spiro atoms. The zero-order chi connectivity index (χ0) is 13.4. The van der Waals surface area contributed by atoms with Gasteiger partial charge in [0.2, 0.25) is 0 Å². The number of benzene rings is 1. The first-order valence-electron chi connectivity index (χ1n) is 4.57. The van der Waals surface area contributed by atoms with Crippen LogP contribution < -0.4 is 0 Å². The van der Waals surface area contributed by atoms with Crippen LogP contribution in [0, 0.1) is 11.6 Å². The van der Waals surface area contributed by atoms with Gasteiger partial charge >= 0.3 is 5.97 Å². The lowest BCUT2D eigenvalue weighted by Gasteiger charge is -2.11. The van der Waals surface area contributed by atoms with Crippen LogP contribution in [-0.4, -0.2) is 25.7 Å². The molecule has 0 aliphatic rings. The van der Waals surface area contributed by atoms with Crippen LogP contribution in [0.1, 0.15) is 18.4 Å². The molecule has 1 N–H and O–H groups in total. The highest BCUT2D eigenvalue weighted by Crippen LogP contribution is 2.27. The highest BCUT2D eigenvalue weighted by atomic mass is 32.2. The fraction of sp³-hybridized carbons (Fsp3) is 0.300. The van der Waals surface area contributed by atoms with Crippen LogP contribution in [0.2, 0.25) is 0 Å². The van der Waals surface area contributed by atoms with Gasteiger partial charge in [-0.2, -0.15) is 0 Å². The summed E-state index contributed by atoms with van der Waals surface area (Å²) in [6, 6.07) is 1.52. The molecule has 0 aromatic heterocycles. The molecule has 4 nitrogen and oxygen atoms in total. The molecule has 1 atom stereocenters. The Morgan fingerprint density at radius 1 is 1.35 bits per heavy atom. The van der Waals surface area contributed by atoms with Gasteiger partial charge in [0.1, 0.15) is 16.5 Å². The van der Waals surface area contributed by atoms with Crippen LogP contribution in [0.4, 0.5) is 8.78 Å². The van der Waals surface area contributed by atoms with Crippen molar-refractivity contribution >= 4 is 15.8 Å². The minimum Gasteiger partial charge on any atom is -0.481 e. The number of hydrogen-bond acceptors (Lipinski definition) is 3. The highest BCUT2D eigenvalue weighted by Gasteiger charge is 2.27. The summed E-state index contributed by atoms with van der Waals surface area (Å²) in [5.41, 5.74) is -0.750. The van der Waals surface area contributed by atoms with Crippen LogP contribution >= 0.6 is 0 Å². The summed E-state index contributed by atoms with van der Waals surface area (Å²) in [4.78, 5) is 9.98. The summed E-state index contributed by atoms with van der Waals surface area (Å²) in [6.45, 7) is 1.08. The molecule has 0 amide bonds. The molecule has 0 radical (unpaired) electrons. The molecule has 0 saturated heterocycles. The first kappa shape index (κ1) is 13.6. The summed E-state index contributed by atoms with van der Waals surface area (Å²) in [7, 11) is -3.87. The Balaban J connectivity index is 3.57. The topological polar surface area (TPSA) is 71.4 Å². The minimum absolute atomic E-state index is 0.706. The molecular formula is C10H10F2O4S. The second-order valence-electron chi connectivity index (χ2n) is 3.61. The predicted octanol–water partition coefficient (Wildman–Crippen LogP) is 1.56. The Morgan fingerprint density at radius 2 is 1.88 bits per heavy atom. The standard InChI is InChI=1S/C10H10F2O4S/c1-5(10(13)14)8-6(11)3-4-7(9(8)12)17(2,15)16/h3-5H,1-2H3,(H,13,14). The van der Waals surface area contributed by atoms with Crippen molar-refractivity contribution in [3.63, 3.8) is 0 Å². The van der Waals surface area contributed by atoms with E-state index in [1.54, 1.807) is 0 Å². The fourth-order valence-corrected chi connectivity index (χ4v) is 2.11. The van der Waals surface area contributed by atoms with E-state index in [-0.39, 0.29) is 0 Å². The zero-order valence-electron chi connectivity index (χ0n) is 9.07. The van der Waals surface area contributed by atoms with Crippen molar-refractivity contribution in [2.75, 3.05) is 6.26 Å². The molecule has 1 rings (SSSR count). The van der Waals surface area contributed by atoms with Crippen molar-refractivity contribution in [3.05, 3.63) is 29.3 Å². The van der Waals surface area contributed by atoms with E-state index in [0.29, 0.717) is 0 Å². The van der Waals surface area contributed by atoms with Crippen LogP contribution in [0.25, 0.3) is 0 Å². The van der Waals surface area contributed by atoms with E-state index in [0.717, 1.165) is 25.3 Å². The molecular weight excluding hydrogens is 254 g/mol. The second kappa shape index (κ2) is 4.40. The number of rotatable bonds is 3. The van der Waals surface area contributed by atoms with Gasteiger partial charge in [0.15, 0.2) is 9.84 Å². The molecule has 94 valence electrons. The van der Waals surface area contributed by atoms with Gasteiger partial charge < -0.3 is 5.11 Å². The summed E-state index contributed by atoms with van der Waals surface area (Å²) in [5, 5.41) is 8.70. The number of sulfone groups is 1. The molecule has 0 bridgehead atoms. The summed E-state index contributed by atoms with van der Waals surface area (Å²) in [5.74, 6) is -5.32. The molecule has 0 fully saturated rings. The van der Waals surface area contributed by atoms with Crippen molar-refractivity contribution in [3.8, 4) is 0 Å². The number of carboxylic acid groups (broad SMARTS) is 1. The van der Waals surface area contributed by atoms with E-state index in [9.17, 15) is 22.0 Å². The van der Waals surface area contributed by atoms with E-state index in [2.05, 4.69) is 0 Å². The van der Waals surface area contributed by atoms with Gasteiger partial charge in [-0.1, -0.05) is 0 Å². The number of hydrogen-bond donors (Lipinski definition) is 1. The van der Waals surface area contributed by atoms with Crippen LogP contribution in [0.3, 0.4) is 0 Å². The van der Waals surface area contributed by atoms with Gasteiger partial charge in [0, 0.05) is 11.8 Å². The third-order valence-corrected chi connectivity index (χ3v) is 3.41. The maximum atomic E-state index is 13.8. The molecule has 1 aromatic rings. The van der Waals surface area contributed by atoms with Crippen molar-refractivity contribution in [1.82, 2.24) is 0 Å². The number of halogens is 2. The smallest absolute Gasteiger partial charge is 0.310 e. The monoisotopic (exact) mass is 264 g/mol. The Labute approximate surface area is 96.8 Å². The van der Waals surface area contributed by atoms with Gasteiger partial charge in [-0.25, -0.2) is 17.2 Å². The third-order valence-electron chi connectivity index (χ3n) is 2.29. The van der Waals surface area contributed by atoms with Crippen LogP contribution in [0.5, 0.6) is 0 Å². The lowest BCUT2D eigenvalue weighted by Crippen LogP contribution is -2.14. The lowest BCUT2D eigenvalue weighted by atomic mass is 10.0. The number of carbonyl (C=O) groups is 1. The van der Waals surface area contributed by atoms with E-state index in [4.69, 9.17) is 5.11 Å². The summed E-state index contributed by atoms with van der Waals surface area (Å²) in [6.07, 6.45) is 0.762. The van der Waals surface area contributed by atoms with Crippen LogP contribution in [-0.2, 0) is 14.6 Å². The second-order valence-corrected chi connectivity index (χ2v) is 5.59. The quantitative estimate of drug-likeness (QED) is 0.841. The van der Waals surface area contributed by atoms with Crippen LogP contribution in [0.15, 0.2) is 17.0 Å². The number of carboxylic acids is 1. The first-order chi connectivity index (χ1) is 7.66. The first-order valence-corrected chi connectivity index (χ1v) is 6.46. The maximum Gasteiger partial charge on any atom is 0.310 e. The fourth-order valence-electron chi connectivity index (χ4n) is 1.36. The Kier molecular flexibility index (Phi) is 3.51. The van der Waals surface area contributed by atoms with E-state index >= 15 is 0 Å². The summed E-state index contributed by atoms with van der Waals surface area (Å²) < 4.78 is 49.5. The largest absolute Gasteiger partial charge is 0.481 e. The van der Waals surface area contributed by atoms with Gasteiger partial charge in [-0.15, -0.1) is 0 Å². The molecule has 1 unspecified atom stereocenters. The van der Waals surface area contributed by atoms with Crippen molar-refractivity contribution in [2.24, 2.45) is 0 Å². The van der Waals surface area contributed by atoms with Crippen molar-refractivity contribution in [2.45, 2.75) is 17.7 Å². The van der Waals surface area contributed by atoms with E-state index < -0.39 is 43.8 Å². The Bertz CT molecular complexity index is 566. The van der Waals surface area contributed by atoms with Gasteiger partial charge in [-0.3, -0.25) is 4.79 Å². The Hall–Kier alpha value is -1.50. The maximum absolute atomic E-state index is 13.8. The molecule has 0 saturated carbocycles. The van der Waals surface area contributed by atoms with E-state index in [1.165, 1.54) is 0 Å². The van der Waals surface area contributed by atoms with E-state index in [1.807, 2.05) is 0 Å². The van der Waals surface area contributed by atoms with Gasteiger partial charge in [0.25, 0.3) is 0 Å². The third kappa shape index (κ3) is 2.60. The molecule has 0 heterocycles. The van der Waals surface area contributed by atoms with Crippen molar-refractivity contribution < 1.29 is 27.1 Å². The molecule has 17 heavy (non-hydrogen) atoms. The SMILES string of the molecule is CC(C(=O)O)c1c(F)ccc(S(C)(=O)=O)c1F. The average molecular weight is 264 g/mol. The molecule has 1 aromatic carbocycles. The average Bonchev–Trinajstić information content (AvgIpc) is 2.14. The molecule has 7 heteroatoms. The summed E-state index contributed by atoms with van der Waals surface area (Å²) >= 11 is 0. The predicted molar refractivity (Wildman–Crippen MR) is 55.5 cm³/mol. The normalized spacial score (nSPS) is 13.4. The van der Waals surface area contributed by atoms with Gasteiger partial charge in [0.05, 0.1) is 5.92 Å². The highest BCUT2D eigenvalue weighted by molar-refractivity contribution is 7.90. The molecule has 0 aliphatic carbocycles. The minimum atomic E-state index is -3.87. The lowest BCUT2D eigenvalue weighted by molar-refractivity contribution is -0.138.